The van der Waals surface area contributed by atoms with Gasteiger partial charge in [0.05, 0.1) is 5.69 Å². The monoisotopic (exact) mass is 276 g/mol. The van der Waals surface area contributed by atoms with Crippen LogP contribution in [0.25, 0.3) is 11.3 Å². The van der Waals surface area contributed by atoms with E-state index in [4.69, 9.17) is 5.11 Å². The zero-order chi connectivity index (χ0) is 13.5. The second-order valence-electron chi connectivity index (χ2n) is 3.50. The molecule has 1 N–H and O–H groups in total. The summed E-state index contributed by atoms with van der Waals surface area (Å²) in [4.78, 5) is 10.9. The number of carboxylic acids is 1. The van der Waals surface area contributed by atoms with E-state index in [0.717, 1.165) is 22.1 Å². The van der Waals surface area contributed by atoms with Crippen molar-refractivity contribution in [2.45, 2.75) is 6.18 Å². The molecule has 18 heavy (non-hydrogen) atoms. The third kappa shape index (κ3) is 2.10. The Labute approximate surface area is 103 Å². The number of rotatable bonds is 2. The molecule has 2 aromatic heterocycles. The Bertz CT molecular complexity index is 601. The van der Waals surface area contributed by atoms with E-state index in [1.165, 1.54) is 18.5 Å². The highest BCUT2D eigenvalue weighted by Crippen LogP contribution is 2.33. The minimum Gasteiger partial charge on any atom is -0.477 e. The Hall–Kier alpha value is -1.83. The minimum absolute atomic E-state index is 0.00766. The number of hydrogen-bond acceptors (Lipinski definition) is 3. The quantitative estimate of drug-likeness (QED) is 0.917. The van der Waals surface area contributed by atoms with Crippen LogP contribution in [0.3, 0.4) is 0 Å². The number of hydrogen-bond donors (Lipinski definition) is 1. The van der Waals surface area contributed by atoms with Crippen molar-refractivity contribution < 1.29 is 23.1 Å². The van der Waals surface area contributed by atoms with Crippen LogP contribution in [0, 0.1) is 0 Å². The van der Waals surface area contributed by atoms with Gasteiger partial charge in [0.2, 0.25) is 0 Å². The van der Waals surface area contributed by atoms with Gasteiger partial charge in [-0.05, 0) is 17.5 Å². The van der Waals surface area contributed by atoms with Crippen LogP contribution >= 0.6 is 11.3 Å². The predicted octanol–water partition coefficient (Wildman–Crippen LogP) is 2.87. The van der Waals surface area contributed by atoms with E-state index >= 15 is 0 Å². The molecule has 0 aliphatic heterocycles. The number of aromatic carboxylic acids is 1. The SMILES string of the molecule is Cn1nc(C(F)(F)F)cc1-c1ccsc1C(=O)O. The summed E-state index contributed by atoms with van der Waals surface area (Å²) in [6, 6.07) is 2.31. The highest BCUT2D eigenvalue weighted by molar-refractivity contribution is 7.12. The Morgan fingerprint density at radius 2 is 2.17 bits per heavy atom. The smallest absolute Gasteiger partial charge is 0.435 e. The third-order valence-electron chi connectivity index (χ3n) is 2.31. The standard InChI is InChI=1S/C10H7F3N2O2S/c1-15-6(4-7(14-15)10(11,12)13)5-2-3-18-8(5)9(16)17/h2-4H,1H3,(H,16,17). The van der Waals surface area contributed by atoms with Crippen molar-refractivity contribution in [1.29, 1.82) is 0 Å². The van der Waals surface area contributed by atoms with E-state index in [9.17, 15) is 18.0 Å². The molecule has 0 saturated carbocycles. The highest BCUT2D eigenvalue weighted by atomic mass is 32.1. The molecule has 0 aliphatic rings. The van der Waals surface area contributed by atoms with E-state index < -0.39 is 17.8 Å². The molecule has 8 heteroatoms. The summed E-state index contributed by atoms with van der Waals surface area (Å²) >= 11 is 0.956. The van der Waals surface area contributed by atoms with Crippen LogP contribution in [0.5, 0.6) is 0 Å². The van der Waals surface area contributed by atoms with Crippen LogP contribution in [0.2, 0.25) is 0 Å². The first-order chi connectivity index (χ1) is 8.30. The van der Waals surface area contributed by atoms with Gasteiger partial charge in [-0.3, -0.25) is 4.68 Å². The zero-order valence-corrected chi connectivity index (χ0v) is 9.84. The number of alkyl halides is 3. The number of aromatic nitrogens is 2. The fraction of sp³-hybridized carbons (Fsp3) is 0.200. The van der Waals surface area contributed by atoms with Crippen molar-refractivity contribution in [3.05, 3.63) is 28.1 Å². The van der Waals surface area contributed by atoms with Gasteiger partial charge in [0.1, 0.15) is 4.88 Å². The summed E-state index contributed by atoms with van der Waals surface area (Å²) in [7, 11) is 1.34. The lowest BCUT2D eigenvalue weighted by Crippen LogP contribution is -2.06. The molecular formula is C10H7F3N2O2S. The van der Waals surface area contributed by atoms with Crippen LogP contribution in [-0.2, 0) is 13.2 Å². The summed E-state index contributed by atoms with van der Waals surface area (Å²) in [6.07, 6.45) is -4.55. The highest BCUT2D eigenvalue weighted by Gasteiger charge is 2.35. The van der Waals surface area contributed by atoms with Crippen molar-refractivity contribution in [1.82, 2.24) is 9.78 Å². The number of carbonyl (C=O) groups is 1. The summed E-state index contributed by atoms with van der Waals surface area (Å²) in [6.45, 7) is 0. The van der Waals surface area contributed by atoms with Crippen molar-refractivity contribution in [2.75, 3.05) is 0 Å². The van der Waals surface area contributed by atoms with Gasteiger partial charge in [-0.2, -0.15) is 18.3 Å². The van der Waals surface area contributed by atoms with E-state index in [1.807, 2.05) is 0 Å². The van der Waals surface area contributed by atoms with Gasteiger partial charge < -0.3 is 5.11 Å². The minimum atomic E-state index is -4.55. The maximum Gasteiger partial charge on any atom is 0.435 e. The molecule has 0 bridgehead atoms. The molecule has 0 aromatic carbocycles. The van der Waals surface area contributed by atoms with Crippen molar-refractivity contribution in [3.63, 3.8) is 0 Å². The number of halogens is 3. The van der Waals surface area contributed by atoms with Gasteiger partial charge in [-0.15, -0.1) is 11.3 Å². The molecular weight excluding hydrogens is 269 g/mol. The van der Waals surface area contributed by atoms with Crippen LogP contribution in [0.4, 0.5) is 13.2 Å². The van der Waals surface area contributed by atoms with Crippen LogP contribution in [0.1, 0.15) is 15.4 Å². The van der Waals surface area contributed by atoms with Gasteiger partial charge in [0.25, 0.3) is 0 Å². The van der Waals surface area contributed by atoms with Crippen LogP contribution in [-0.4, -0.2) is 20.9 Å². The van der Waals surface area contributed by atoms with E-state index in [2.05, 4.69) is 5.10 Å². The van der Waals surface area contributed by atoms with E-state index in [-0.39, 0.29) is 16.1 Å². The second-order valence-corrected chi connectivity index (χ2v) is 4.42. The lowest BCUT2D eigenvalue weighted by Gasteiger charge is -1.99. The summed E-state index contributed by atoms with van der Waals surface area (Å²) < 4.78 is 38.5. The largest absolute Gasteiger partial charge is 0.477 e. The topological polar surface area (TPSA) is 55.1 Å². The lowest BCUT2D eigenvalue weighted by molar-refractivity contribution is -0.141. The first-order valence-corrected chi connectivity index (χ1v) is 5.61. The van der Waals surface area contributed by atoms with Crippen LogP contribution < -0.4 is 0 Å². The molecule has 0 atom stereocenters. The van der Waals surface area contributed by atoms with Crippen molar-refractivity contribution in [2.24, 2.45) is 7.05 Å². The van der Waals surface area contributed by atoms with Crippen molar-refractivity contribution in [3.8, 4) is 11.3 Å². The van der Waals surface area contributed by atoms with Gasteiger partial charge in [0.15, 0.2) is 5.69 Å². The fourth-order valence-electron chi connectivity index (χ4n) is 1.53. The zero-order valence-electron chi connectivity index (χ0n) is 9.02. The van der Waals surface area contributed by atoms with Gasteiger partial charge in [-0.1, -0.05) is 0 Å². The Morgan fingerprint density at radius 3 is 2.67 bits per heavy atom. The Kier molecular flexibility index (Phi) is 2.89. The molecule has 2 rings (SSSR count). The number of aryl methyl sites for hydroxylation is 1. The normalized spacial score (nSPS) is 11.8. The number of carboxylic acid groups (broad SMARTS) is 1. The molecule has 0 aliphatic carbocycles. The summed E-state index contributed by atoms with van der Waals surface area (Å²) in [5.41, 5.74) is -0.679. The maximum absolute atomic E-state index is 12.5. The molecule has 0 saturated heterocycles. The molecule has 0 spiro atoms. The van der Waals surface area contributed by atoms with Gasteiger partial charge >= 0.3 is 12.1 Å². The molecule has 0 amide bonds. The van der Waals surface area contributed by atoms with E-state index in [0.29, 0.717) is 0 Å². The Morgan fingerprint density at radius 1 is 1.50 bits per heavy atom. The molecule has 2 aromatic rings. The van der Waals surface area contributed by atoms with E-state index in [1.54, 1.807) is 0 Å². The predicted molar refractivity (Wildman–Crippen MR) is 58.5 cm³/mol. The van der Waals surface area contributed by atoms with Gasteiger partial charge in [-0.25, -0.2) is 4.79 Å². The lowest BCUT2D eigenvalue weighted by atomic mass is 10.2. The molecule has 0 fully saturated rings. The number of nitrogens with zero attached hydrogens (tertiary/aromatic N) is 2. The average Bonchev–Trinajstić information content (AvgIpc) is 2.81. The summed E-state index contributed by atoms with van der Waals surface area (Å²) in [5, 5.41) is 13.8. The molecule has 0 radical (unpaired) electrons. The first kappa shape index (κ1) is 12.6. The molecule has 4 nitrogen and oxygen atoms in total. The summed E-state index contributed by atoms with van der Waals surface area (Å²) in [5.74, 6) is -1.17. The fourth-order valence-corrected chi connectivity index (χ4v) is 2.28. The Balaban J connectivity index is 2.55. The molecule has 2 heterocycles. The van der Waals surface area contributed by atoms with Crippen molar-refractivity contribution >= 4 is 17.3 Å². The third-order valence-corrected chi connectivity index (χ3v) is 3.21. The maximum atomic E-state index is 12.5. The molecule has 0 unspecified atom stereocenters. The number of thiophene rings is 1. The van der Waals surface area contributed by atoms with Gasteiger partial charge in [0, 0.05) is 12.6 Å². The first-order valence-electron chi connectivity index (χ1n) is 4.73. The average molecular weight is 276 g/mol. The molecule has 96 valence electrons. The second kappa shape index (κ2) is 4.13. The van der Waals surface area contributed by atoms with Crippen LogP contribution in [0.15, 0.2) is 17.5 Å².